The van der Waals surface area contributed by atoms with E-state index < -0.39 is 12.1 Å². The Morgan fingerprint density at radius 1 is 0.933 bits per heavy atom. The van der Waals surface area contributed by atoms with Crippen molar-refractivity contribution in [3.63, 3.8) is 0 Å². The molecule has 6 nitrogen and oxygen atoms in total. The molecule has 0 aromatic heterocycles. The number of hydrogen-bond acceptors (Lipinski definition) is 6. The van der Waals surface area contributed by atoms with Crippen LogP contribution in [0, 0.1) is 17.8 Å². The molecule has 1 fully saturated rings. The highest BCUT2D eigenvalue weighted by Crippen LogP contribution is 2.35. The largest absolute Gasteiger partial charge is 0.543 e. The van der Waals surface area contributed by atoms with Gasteiger partial charge in [-0.3, -0.25) is 4.89 Å². The van der Waals surface area contributed by atoms with Crippen molar-refractivity contribution in [1.29, 1.82) is 0 Å². The Bertz CT molecular complexity index is 848. The maximum absolute atomic E-state index is 12.4. The summed E-state index contributed by atoms with van der Waals surface area (Å²) in [6.45, 7) is 6.37. The lowest BCUT2D eigenvalue weighted by molar-refractivity contribution is -0.453. The molecule has 3 rings (SSSR count). The molecule has 0 radical (unpaired) electrons. The highest BCUT2D eigenvalue weighted by molar-refractivity contribution is 5.96. The monoisotopic (exact) mass is 412 g/mol. The first-order valence-electron chi connectivity index (χ1n) is 10.4. The lowest BCUT2D eigenvalue weighted by Gasteiger charge is -2.36. The molecular formula is C24H28O6. The van der Waals surface area contributed by atoms with Crippen molar-refractivity contribution < 1.29 is 29.1 Å². The van der Waals surface area contributed by atoms with Gasteiger partial charge in [0.25, 0.3) is 0 Å². The smallest absolute Gasteiger partial charge is 0.429 e. The average Bonchev–Trinajstić information content (AvgIpc) is 2.74. The summed E-state index contributed by atoms with van der Waals surface area (Å²) in [5, 5.41) is 4.44. The van der Waals surface area contributed by atoms with E-state index in [0.717, 1.165) is 24.8 Å². The van der Waals surface area contributed by atoms with E-state index in [9.17, 15) is 9.59 Å². The predicted molar refractivity (Wildman–Crippen MR) is 111 cm³/mol. The Morgan fingerprint density at radius 2 is 1.63 bits per heavy atom. The molecule has 0 amide bonds. The van der Waals surface area contributed by atoms with E-state index >= 15 is 0 Å². The molecule has 0 heterocycles. The first kappa shape index (κ1) is 21.8. The molecule has 0 aliphatic heterocycles. The van der Waals surface area contributed by atoms with Crippen LogP contribution < -0.4 is 0 Å². The molecule has 0 N–H and O–H groups in total. The Hall–Kier alpha value is -2.86. The summed E-state index contributed by atoms with van der Waals surface area (Å²) < 4.78 is 5.44. The normalized spacial score (nSPS) is 21.1. The van der Waals surface area contributed by atoms with Gasteiger partial charge in [-0.1, -0.05) is 75.7 Å². The molecule has 0 bridgehead atoms. The van der Waals surface area contributed by atoms with Crippen LogP contribution in [-0.4, -0.2) is 18.2 Å². The van der Waals surface area contributed by atoms with Crippen molar-refractivity contribution in [2.24, 2.45) is 17.8 Å². The fourth-order valence-corrected chi connectivity index (χ4v) is 4.04. The van der Waals surface area contributed by atoms with Gasteiger partial charge in [0.05, 0.1) is 10.6 Å². The third-order valence-electron chi connectivity index (χ3n) is 5.65. The van der Waals surface area contributed by atoms with Gasteiger partial charge in [-0.05, 0) is 47.8 Å². The molecule has 2 aromatic carbocycles. The standard InChI is InChI=1S/C24H28O6/c1-16(2)19-14-13-17(3)15-22(19)27-24(26)29-30-28-23(25)21-12-8-7-11-20(21)18-9-5-4-6-10-18/h4-12,16-17,19,22H,13-15H2,1-3H3. The van der Waals surface area contributed by atoms with Crippen molar-refractivity contribution in [2.75, 3.05) is 0 Å². The van der Waals surface area contributed by atoms with Crippen LogP contribution in [0.5, 0.6) is 0 Å². The van der Waals surface area contributed by atoms with Crippen LogP contribution in [0.2, 0.25) is 0 Å². The summed E-state index contributed by atoms with van der Waals surface area (Å²) in [6, 6.07) is 16.4. The van der Waals surface area contributed by atoms with E-state index in [2.05, 4.69) is 35.6 Å². The Morgan fingerprint density at radius 3 is 2.37 bits per heavy atom. The summed E-state index contributed by atoms with van der Waals surface area (Å²) in [5.41, 5.74) is 1.84. The summed E-state index contributed by atoms with van der Waals surface area (Å²) >= 11 is 0. The van der Waals surface area contributed by atoms with E-state index in [1.807, 2.05) is 36.4 Å². The second-order valence-electron chi connectivity index (χ2n) is 8.17. The number of carbonyl (C=O) groups excluding carboxylic acids is 2. The van der Waals surface area contributed by atoms with E-state index in [4.69, 9.17) is 4.74 Å². The molecule has 3 atom stereocenters. The molecule has 1 saturated carbocycles. The van der Waals surface area contributed by atoms with Crippen LogP contribution in [0.25, 0.3) is 11.1 Å². The van der Waals surface area contributed by atoms with E-state index in [-0.39, 0.29) is 12.0 Å². The van der Waals surface area contributed by atoms with E-state index in [1.54, 1.807) is 18.2 Å². The van der Waals surface area contributed by atoms with Crippen LogP contribution in [0.15, 0.2) is 54.6 Å². The van der Waals surface area contributed by atoms with Crippen molar-refractivity contribution in [2.45, 2.75) is 46.1 Å². The van der Waals surface area contributed by atoms with Crippen molar-refractivity contribution >= 4 is 12.1 Å². The molecule has 3 unspecified atom stereocenters. The molecule has 0 spiro atoms. The second-order valence-corrected chi connectivity index (χ2v) is 8.17. The number of rotatable bonds is 6. The van der Waals surface area contributed by atoms with Crippen molar-refractivity contribution in [3.05, 3.63) is 60.2 Å². The molecule has 2 aromatic rings. The van der Waals surface area contributed by atoms with E-state index in [1.165, 1.54) is 0 Å². The van der Waals surface area contributed by atoms with Crippen LogP contribution in [-0.2, 0) is 19.6 Å². The first-order chi connectivity index (χ1) is 14.5. The zero-order valence-electron chi connectivity index (χ0n) is 17.6. The zero-order valence-corrected chi connectivity index (χ0v) is 17.6. The maximum atomic E-state index is 12.4. The number of hydrogen-bond donors (Lipinski definition) is 0. The molecule has 30 heavy (non-hydrogen) atoms. The van der Waals surface area contributed by atoms with Gasteiger partial charge in [0, 0.05) is 0 Å². The van der Waals surface area contributed by atoms with Gasteiger partial charge in [-0.2, -0.15) is 0 Å². The Balaban J connectivity index is 1.54. The number of carbonyl (C=O) groups is 2. The SMILES string of the molecule is CC1CCC(C(C)C)C(OC(=O)OOOC(=O)c2ccccc2-c2ccccc2)C1. The van der Waals surface area contributed by atoms with Gasteiger partial charge >= 0.3 is 12.1 Å². The maximum Gasteiger partial charge on any atom is 0.543 e. The molecule has 160 valence electrons. The van der Waals surface area contributed by atoms with E-state index in [0.29, 0.717) is 23.0 Å². The highest BCUT2D eigenvalue weighted by atomic mass is 17.5. The molecule has 0 saturated heterocycles. The van der Waals surface area contributed by atoms with Gasteiger partial charge in [0.2, 0.25) is 0 Å². The predicted octanol–water partition coefficient (Wildman–Crippen LogP) is 5.97. The average molecular weight is 412 g/mol. The molecule has 1 aliphatic rings. The fraction of sp³-hybridized carbons (Fsp3) is 0.417. The fourth-order valence-electron chi connectivity index (χ4n) is 4.04. The third kappa shape index (κ3) is 5.60. The molecule has 1 aliphatic carbocycles. The third-order valence-corrected chi connectivity index (χ3v) is 5.65. The topological polar surface area (TPSA) is 71.1 Å². The lowest BCUT2D eigenvalue weighted by Crippen LogP contribution is -2.36. The lowest BCUT2D eigenvalue weighted by atomic mass is 9.75. The quantitative estimate of drug-likeness (QED) is 0.331. The Labute approximate surface area is 176 Å². The minimum atomic E-state index is -1.01. The van der Waals surface area contributed by atoms with Gasteiger partial charge in [0.15, 0.2) is 0 Å². The van der Waals surface area contributed by atoms with Crippen molar-refractivity contribution in [1.82, 2.24) is 0 Å². The summed E-state index contributed by atoms with van der Waals surface area (Å²) in [4.78, 5) is 33.7. The Kier molecular flexibility index (Phi) is 7.46. The molecular weight excluding hydrogens is 384 g/mol. The van der Waals surface area contributed by atoms with Crippen molar-refractivity contribution in [3.8, 4) is 11.1 Å². The zero-order chi connectivity index (χ0) is 21.5. The summed E-state index contributed by atoms with van der Waals surface area (Å²) in [5.74, 6) is 0.372. The minimum absolute atomic E-state index is 0.237. The van der Waals surface area contributed by atoms with Crippen LogP contribution >= 0.6 is 0 Å². The number of ether oxygens (including phenoxy) is 1. The summed E-state index contributed by atoms with van der Waals surface area (Å²) in [6.07, 6.45) is 1.65. The highest BCUT2D eigenvalue weighted by Gasteiger charge is 2.34. The van der Waals surface area contributed by atoms with Gasteiger partial charge in [0.1, 0.15) is 6.10 Å². The molecule has 6 heteroatoms. The van der Waals surface area contributed by atoms with Crippen LogP contribution in [0.3, 0.4) is 0 Å². The first-order valence-corrected chi connectivity index (χ1v) is 10.4. The summed E-state index contributed by atoms with van der Waals surface area (Å²) in [7, 11) is 0. The second kappa shape index (κ2) is 10.3. The van der Waals surface area contributed by atoms with Gasteiger partial charge in [-0.25, -0.2) is 14.5 Å². The van der Waals surface area contributed by atoms with Crippen LogP contribution in [0.4, 0.5) is 4.79 Å². The minimum Gasteiger partial charge on any atom is -0.429 e. The number of benzene rings is 2. The van der Waals surface area contributed by atoms with Gasteiger partial charge in [-0.15, -0.1) is 0 Å². The van der Waals surface area contributed by atoms with Crippen LogP contribution in [0.1, 0.15) is 50.4 Å². The van der Waals surface area contributed by atoms with Gasteiger partial charge < -0.3 is 4.74 Å².